The maximum absolute atomic E-state index is 12.0. The first-order valence-electron chi connectivity index (χ1n) is 5.89. The van der Waals surface area contributed by atoms with Gasteiger partial charge in [-0.1, -0.05) is 12.1 Å². The van der Waals surface area contributed by atoms with Gasteiger partial charge < -0.3 is 5.32 Å². The lowest BCUT2D eigenvalue weighted by molar-refractivity contribution is 0.0976. The van der Waals surface area contributed by atoms with Crippen LogP contribution in [0.1, 0.15) is 15.9 Å². The molecule has 1 aromatic carbocycles. The highest BCUT2D eigenvalue weighted by atomic mass is 127. The van der Waals surface area contributed by atoms with Crippen LogP contribution in [0.5, 0.6) is 0 Å². The van der Waals surface area contributed by atoms with Crippen molar-refractivity contribution < 1.29 is 4.79 Å². The monoisotopic (exact) mass is 397 g/mol. The summed E-state index contributed by atoms with van der Waals surface area (Å²) in [5, 5.41) is 5.93. The molecule has 0 saturated heterocycles. The molecule has 0 aliphatic rings. The molecule has 0 aliphatic carbocycles. The molecule has 2 aromatic rings. The van der Waals surface area contributed by atoms with Gasteiger partial charge in [-0.2, -0.15) is 0 Å². The van der Waals surface area contributed by atoms with Gasteiger partial charge >= 0.3 is 0 Å². The van der Waals surface area contributed by atoms with Gasteiger partial charge in [0.2, 0.25) is 0 Å². The second kappa shape index (κ2) is 7.30. The SMILES string of the molecule is O=C(NC(=S)NCc1cccnc1)c1cccc(I)c1. The second-order valence-corrected chi connectivity index (χ2v) is 5.66. The van der Waals surface area contributed by atoms with Gasteiger partial charge in [-0.15, -0.1) is 0 Å². The highest BCUT2D eigenvalue weighted by Crippen LogP contribution is 2.07. The summed E-state index contributed by atoms with van der Waals surface area (Å²) in [6, 6.07) is 11.1. The number of amides is 1. The molecule has 0 fully saturated rings. The van der Waals surface area contributed by atoms with Crippen molar-refractivity contribution in [1.82, 2.24) is 15.6 Å². The zero-order valence-corrected chi connectivity index (χ0v) is 13.4. The lowest BCUT2D eigenvalue weighted by Gasteiger charge is -2.09. The standard InChI is InChI=1S/C14H12IN3OS/c15-12-5-1-4-11(7-12)13(19)18-14(20)17-9-10-3-2-6-16-8-10/h1-8H,9H2,(H2,17,18,19,20). The summed E-state index contributed by atoms with van der Waals surface area (Å²) in [6.45, 7) is 0.527. The first kappa shape index (κ1) is 14.9. The highest BCUT2D eigenvalue weighted by molar-refractivity contribution is 14.1. The van der Waals surface area contributed by atoms with E-state index in [1.807, 2.05) is 24.3 Å². The third-order valence-electron chi connectivity index (χ3n) is 2.49. The lowest BCUT2D eigenvalue weighted by atomic mass is 10.2. The molecule has 4 nitrogen and oxygen atoms in total. The van der Waals surface area contributed by atoms with Crippen molar-refractivity contribution in [3.05, 3.63) is 63.5 Å². The molecule has 2 rings (SSSR count). The van der Waals surface area contributed by atoms with E-state index in [4.69, 9.17) is 12.2 Å². The number of nitrogens with one attached hydrogen (secondary N) is 2. The third kappa shape index (κ3) is 4.53. The van der Waals surface area contributed by atoms with Crippen LogP contribution in [-0.4, -0.2) is 16.0 Å². The number of carbonyl (C=O) groups excluding carboxylic acids is 1. The zero-order valence-electron chi connectivity index (χ0n) is 10.5. The number of hydrogen-bond donors (Lipinski definition) is 2. The minimum Gasteiger partial charge on any atom is -0.358 e. The Hall–Kier alpha value is -1.54. The molecule has 0 unspecified atom stereocenters. The van der Waals surface area contributed by atoms with Crippen LogP contribution in [0.15, 0.2) is 48.8 Å². The summed E-state index contributed by atoms with van der Waals surface area (Å²) < 4.78 is 1.00. The Labute approximate surface area is 136 Å². The van der Waals surface area contributed by atoms with E-state index in [0.717, 1.165) is 9.13 Å². The minimum atomic E-state index is -0.216. The third-order valence-corrected chi connectivity index (χ3v) is 3.41. The average molecular weight is 397 g/mol. The predicted octanol–water partition coefficient (Wildman–Crippen LogP) is 2.49. The Kier molecular flexibility index (Phi) is 5.42. The van der Waals surface area contributed by atoms with Gasteiger partial charge in [0.25, 0.3) is 5.91 Å². The van der Waals surface area contributed by atoms with Crippen LogP contribution in [0, 0.1) is 3.57 Å². The molecule has 0 atom stereocenters. The fourth-order valence-corrected chi connectivity index (χ4v) is 2.24. The van der Waals surface area contributed by atoms with E-state index in [0.29, 0.717) is 17.2 Å². The molecule has 0 spiro atoms. The molecule has 0 radical (unpaired) electrons. The molecule has 0 bridgehead atoms. The second-order valence-electron chi connectivity index (χ2n) is 4.01. The van der Waals surface area contributed by atoms with E-state index >= 15 is 0 Å². The smallest absolute Gasteiger partial charge is 0.257 e. The Balaban J connectivity index is 1.87. The number of pyridine rings is 1. The quantitative estimate of drug-likeness (QED) is 0.618. The number of hydrogen-bond acceptors (Lipinski definition) is 3. The molecule has 1 heterocycles. The first-order valence-corrected chi connectivity index (χ1v) is 7.37. The predicted molar refractivity (Wildman–Crippen MR) is 90.3 cm³/mol. The van der Waals surface area contributed by atoms with Crippen molar-refractivity contribution in [3.8, 4) is 0 Å². The summed E-state index contributed by atoms with van der Waals surface area (Å²) in [5.41, 5.74) is 1.58. The Morgan fingerprint density at radius 3 is 2.85 bits per heavy atom. The Morgan fingerprint density at radius 1 is 1.30 bits per heavy atom. The summed E-state index contributed by atoms with van der Waals surface area (Å²) in [4.78, 5) is 16.0. The molecule has 2 N–H and O–H groups in total. The number of aromatic nitrogens is 1. The normalized spacial score (nSPS) is 9.85. The summed E-state index contributed by atoms with van der Waals surface area (Å²) in [7, 11) is 0. The summed E-state index contributed by atoms with van der Waals surface area (Å²) in [6.07, 6.45) is 3.46. The van der Waals surface area contributed by atoms with Gasteiger partial charge in [-0.05, 0) is 64.6 Å². The van der Waals surface area contributed by atoms with Crippen LogP contribution in [0.4, 0.5) is 0 Å². The molecular formula is C14H12IN3OS. The van der Waals surface area contributed by atoms with Crippen molar-refractivity contribution in [2.24, 2.45) is 0 Å². The molecular weight excluding hydrogens is 385 g/mol. The summed E-state index contributed by atoms with van der Waals surface area (Å²) in [5.74, 6) is -0.216. The van der Waals surface area contributed by atoms with Crippen molar-refractivity contribution in [1.29, 1.82) is 0 Å². The van der Waals surface area contributed by atoms with Crippen molar-refractivity contribution in [2.45, 2.75) is 6.54 Å². The van der Waals surface area contributed by atoms with Gasteiger partial charge in [-0.25, -0.2) is 0 Å². The van der Waals surface area contributed by atoms with Crippen molar-refractivity contribution in [3.63, 3.8) is 0 Å². The molecule has 1 amide bonds. The van der Waals surface area contributed by atoms with Gasteiger partial charge in [-0.3, -0.25) is 15.1 Å². The minimum absolute atomic E-state index is 0.216. The van der Waals surface area contributed by atoms with E-state index in [-0.39, 0.29) is 5.91 Å². The number of halogens is 1. The molecule has 6 heteroatoms. The van der Waals surface area contributed by atoms with Crippen LogP contribution in [0.3, 0.4) is 0 Å². The molecule has 20 heavy (non-hydrogen) atoms. The largest absolute Gasteiger partial charge is 0.358 e. The molecule has 0 saturated carbocycles. The van der Waals surface area contributed by atoms with E-state index in [1.54, 1.807) is 24.5 Å². The van der Waals surface area contributed by atoms with Gasteiger partial charge in [0.1, 0.15) is 0 Å². The number of thiocarbonyl (C=S) groups is 1. The molecule has 102 valence electrons. The van der Waals surface area contributed by atoms with E-state index < -0.39 is 0 Å². The highest BCUT2D eigenvalue weighted by Gasteiger charge is 2.07. The fourth-order valence-electron chi connectivity index (χ4n) is 1.53. The van der Waals surface area contributed by atoms with Gasteiger partial charge in [0, 0.05) is 28.1 Å². The number of nitrogens with zero attached hydrogens (tertiary/aromatic N) is 1. The number of carbonyl (C=O) groups is 1. The van der Waals surface area contributed by atoms with Crippen LogP contribution in [0.2, 0.25) is 0 Å². The van der Waals surface area contributed by atoms with Crippen LogP contribution in [-0.2, 0) is 6.54 Å². The topological polar surface area (TPSA) is 54.0 Å². The van der Waals surface area contributed by atoms with E-state index in [1.165, 1.54) is 0 Å². The number of benzene rings is 1. The first-order chi connectivity index (χ1) is 9.65. The van der Waals surface area contributed by atoms with Crippen molar-refractivity contribution >= 4 is 45.8 Å². The zero-order chi connectivity index (χ0) is 14.4. The Morgan fingerprint density at radius 2 is 2.15 bits per heavy atom. The van der Waals surface area contributed by atoms with E-state index in [9.17, 15) is 4.79 Å². The van der Waals surface area contributed by atoms with Crippen molar-refractivity contribution in [2.75, 3.05) is 0 Å². The average Bonchev–Trinajstić information content (AvgIpc) is 2.46. The van der Waals surface area contributed by atoms with Crippen LogP contribution in [0.25, 0.3) is 0 Å². The Bertz CT molecular complexity index is 619. The van der Waals surface area contributed by atoms with Crippen LogP contribution < -0.4 is 10.6 Å². The molecule has 1 aromatic heterocycles. The number of rotatable bonds is 3. The van der Waals surface area contributed by atoms with Gasteiger partial charge in [0.05, 0.1) is 0 Å². The lowest BCUT2D eigenvalue weighted by Crippen LogP contribution is -2.38. The van der Waals surface area contributed by atoms with Crippen LogP contribution >= 0.6 is 34.8 Å². The maximum Gasteiger partial charge on any atom is 0.257 e. The summed E-state index contributed by atoms with van der Waals surface area (Å²) >= 11 is 7.26. The maximum atomic E-state index is 12.0. The van der Waals surface area contributed by atoms with E-state index in [2.05, 4.69) is 38.2 Å². The van der Waals surface area contributed by atoms with Gasteiger partial charge in [0.15, 0.2) is 5.11 Å². The molecule has 0 aliphatic heterocycles. The fraction of sp³-hybridized carbons (Fsp3) is 0.0714.